The number of pyridine rings is 1. The number of rotatable bonds is 3. The molecule has 0 radical (unpaired) electrons. The third kappa shape index (κ3) is 3.29. The summed E-state index contributed by atoms with van der Waals surface area (Å²) in [5.41, 5.74) is 0.698. The van der Waals surface area contributed by atoms with Gasteiger partial charge >= 0.3 is 5.97 Å². The molecular weight excluding hydrogens is 248 g/mol. The third-order valence-electron chi connectivity index (χ3n) is 3.11. The highest BCUT2D eigenvalue weighted by molar-refractivity contribution is 5.94. The summed E-state index contributed by atoms with van der Waals surface area (Å²) in [6.07, 6.45) is 1.58. The molecule has 1 saturated heterocycles. The van der Waals surface area contributed by atoms with Gasteiger partial charge in [-0.15, -0.1) is 0 Å². The second-order valence-electron chi connectivity index (χ2n) is 4.49. The van der Waals surface area contributed by atoms with E-state index < -0.39 is 5.97 Å². The first-order chi connectivity index (χ1) is 9.08. The summed E-state index contributed by atoms with van der Waals surface area (Å²) in [5, 5.41) is 11.8. The number of carboxylic acids is 1. The van der Waals surface area contributed by atoms with Crippen molar-refractivity contribution in [3.63, 3.8) is 0 Å². The van der Waals surface area contributed by atoms with Gasteiger partial charge in [0.05, 0.1) is 11.3 Å². The number of aromatic carboxylic acids is 1. The van der Waals surface area contributed by atoms with Gasteiger partial charge in [-0.2, -0.15) is 0 Å². The minimum Gasteiger partial charge on any atom is -0.478 e. The van der Waals surface area contributed by atoms with Crippen LogP contribution in [0.1, 0.15) is 39.4 Å². The Kier molecular flexibility index (Phi) is 4.11. The van der Waals surface area contributed by atoms with Gasteiger partial charge in [0.2, 0.25) is 0 Å². The van der Waals surface area contributed by atoms with E-state index in [2.05, 4.69) is 10.3 Å². The molecule has 0 bridgehead atoms. The summed E-state index contributed by atoms with van der Waals surface area (Å²) < 4.78 is 5.22. The molecule has 6 heteroatoms. The quantitative estimate of drug-likeness (QED) is 0.850. The summed E-state index contributed by atoms with van der Waals surface area (Å²) in [5.74, 6) is -1.31. The molecule has 2 N–H and O–H groups in total. The highest BCUT2D eigenvalue weighted by atomic mass is 16.5. The summed E-state index contributed by atoms with van der Waals surface area (Å²) in [6, 6.07) is 2.94. The Morgan fingerprint density at radius 3 is 2.63 bits per heavy atom. The summed E-state index contributed by atoms with van der Waals surface area (Å²) >= 11 is 0. The van der Waals surface area contributed by atoms with E-state index in [0.29, 0.717) is 18.9 Å². The van der Waals surface area contributed by atoms with E-state index in [1.165, 1.54) is 12.1 Å². The molecule has 19 heavy (non-hydrogen) atoms. The summed E-state index contributed by atoms with van der Waals surface area (Å²) in [7, 11) is 0. The molecule has 102 valence electrons. The van der Waals surface area contributed by atoms with Gasteiger partial charge in [-0.1, -0.05) is 0 Å². The lowest BCUT2D eigenvalue weighted by Gasteiger charge is -2.22. The van der Waals surface area contributed by atoms with Gasteiger partial charge in [0.1, 0.15) is 5.69 Å². The molecule has 1 fully saturated rings. The molecule has 2 heterocycles. The number of carboxylic acid groups (broad SMARTS) is 1. The maximum absolute atomic E-state index is 12.0. The number of nitrogens with zero attached hydrogens (tertiary/aromatic N) is 1. The zero-order chi connectivity index (χ0) is 13.8. The SMILES string of the molecule is Cc1nc(C(=O)NC2CCOCC2)ccc1C(=O)O. The molecule has 1 aliphatic heterocycles. The van der Waals surface area contributed by atoms with Crippen LogP contribution in [0.3, 0.4) is 0 Å². The van der Waals surface area contributed by atoms with Gasteiger partial charge in [0, 0.05) is 19.3 Å². The lowest BCUT2D eigenvalue weighted by Crippen LogP contribution is -2.39. The van der Waals surface area contributed by atoms with Gasteiger partial charge in [-0.05, 0) is 31.9 Å². The van der Waals surface area contributed by atoms with Crippen molar-refractivity contribution in [2.24, 2.45) is 0 Å². The van der Waals surface area contributed by atoms with Gasteiger partial charge in [-0.25, -0.2) is 9.78 Å². The van der Waals surface area contributed by atoms with Crippen molar-refractivity contribution in [2.75, 3.05) is 13.2 Å². The Bertz CT molecular complexity index is 495. The van der Waals surface area contributed by atoms with Crippen molar-refractivity contribution in [3.8, 4) is 0 Å². The molecule has 6 nitrogen and oxygen atoms in total. The molecule has 1 aliphatic rings. The van der Waals surface area contributed by atoms with E-state index in [0.717, 1.165) is 12.8 Å². The van der Waals surface area contributed by atoms with Gasteiger partial charge in [0.15, 0.2) is 0 Å². The Morgan fingerprint density at radius 1 is 1.37 bits per heavy atom. The van der Waals surface area contributed by atoms with Crippen LogP contribution in [0, 0.1) is 6.92 Å². The normalized spacial score (nSPS) is 16.1. The third-order valence-corrected chi connectivity index (χ3v) is 3.11. The average Bonchev–Trinajstić information content (AvgIpc) is 2.39. The summed E-state index contributed by atoms with van der Waals surface area (Å²) in [6.45, 7) is 2.87. The Hall–Kier alpha value is -1.95. The minimum absolute atomic E-state index is 0.0995. The van der Waals surface area contributed by atoms with E-state index in [4.69, 9.17) is 9.84 Å². The van der Waals surface area contributed by atoms with Gasteiger partial charge in [0.25, 0.3) is 5.91 Å². The van der Waals surface area contributed by atoms with Crippen LogP contribution in [0.5, 0.6) is 0 Å². The number of aromatic nitrogens is 1. The van der Waals surface area contributed by atoms with Crippen molar-refractivity contribution < 1.29 is 19.4 Å². The molecule has 1 aromatic heterocycles. The zero-order valence-electron chi connectivity index (χ0n) is 10.7. The molecule has 1 amide bonds. The van der Waals surface area contributed by atoms with Crippen LogP contribution in [0.4, 0.5) is 0 Å². The molecule has 1 aromatic rings. The largest absolute Gasteiger partial charge is 0.478 e. The number of nitrogens with one attached hydrogen (secondary N) is 1. The molecule has 0 unspecified atom stereocenters. The maximum atomic E-state index is 12.0. The lowest BCUT2D eigenvalue weighted by atomic mass is 10.1. The first kappa shape index (κ1) is 13.5. The predicted molar refractivity (Wildman–Crippen MR) is 67.2 cm³/mol. The number of hydrogen-bond donors (Lipinski definition) is 2. The van der Waals surface area contributed by atoms with E-state index in [-0.39, 0.29) is 23.2 Å². The predicted octanol–water partition coefficient (Wildman–Crippen LogP) is 0.997. The van der Waals surface area contributed by atoms with Gasteiger partial charge < -0.3 is 15.2 Å². The molecule has 0 saturated carbocycles. The van der Waals surface area contributed by atoms with E-state index in [1.54, 1.807) is 6.92 Å². The molecular formula is C13H16N2O4. The number of hydrogen-bond acceptors (Lipinski definition) is 4. The van der Waals surface area contributed by atoms with E-state index in [1.807, 2.05) is 0 Å². The van der Waals surface area contributed by atoms with Crippen LogP contribution in [0.15, 0.2) is 12.1 Å². The Morgan fingerprint density at radius 2 is 2.05 bits per heavy atom. The fourth-order valence-electron chi connectivity index (χ4n) is 2.01. The smallest absolute Gasteiger partial charge is 0.337 e. The Balaban J connectivity index is 2.06. The second-order valence-corrected chi connectivity index (χ2v) is 4.49. The van der Waals surface area contributed by atoms with Crippen molar-refractivity contribution >= 4 is 11.9 Å². The van der Waals surface area contributed by atoms with Crippen molar-refractivity contribution in [2.45, 2.75) is 25.8 Å². The molecule has 0 atom stereocenters. The van der Waals surface area contributed by atoms with Crippen molar-refractivity contribution in [1.29, 1.82) is 0 Å². The first-order valence-corrected chi connectivity index (χ1v) is 6.17. The molecule has 0 spiro atoms. The van der Waals surface area contributed by atoms with Gasteiger partial charge in [-0.3, -0.25) is 4.79 Å². The standard InChI is InChI=1S/C13H16N2O4/c1-8-10(13(17)18)2-3-11(14-8)12(16)15-9-4-6-19-7-5-9/h2-3,9H,4-7H2,1H3,(H,15,16)(H,17,18). The highest BCUT2D eigenvalue weighted by Crippen LogP contribution is 2.10. The topological polar surface area (TPSA) is 88.5 Å². The number of aryl methyl sites for hydroxylation is 1. The lowest BCUT2D eigenvalue weighted by molar-refractivity contribution is 0.0682. The van der Waals surface area contributed by atoms with Crippen LogP contribution < -0.4 is 5.32 Å². The molecule has 2 rings (SSSR count). The average molecular weight is 264 g/mol. The first-order valence-electron chi connectivity index (χ1n) is 6.17. The Labute approximate surface area is 110 Å². The zero-order valence-corrected chi connectivity index (χ0v) is 10.7. The summed E-state index contributed by atoms with van der Waals surface area (Å²) in [4.78, 5) is 26.9. The number of amides is 1. The van der Waals surface area contributed by atoms with Crippen LogP contribution in [-0.2, 0) is 4.74 Å². The second kappa shape index (κ2) is 5.79. The maximum Gasteiger partial charge on any atom is 0.337 e. The van der Waals surface area contributed by atoms with Crippen molar-refractivity contribution in [3.05, 3.63) is 29.1 Å². The minimum atomic E-state index is -1.04. The van der Waals surface area contributed by atoms with Crippen LogP contribution in [0.2, 0.25) is 0 Å². The fraction of sp³-hybridized carbons (Fsp3) is 0.462. The van der Waals surface area contributed by atoms with Crippen LogP contribution in [-0.4, -0.2) is 41.2 Å². The van der Waals surface area contributed by atoms with Crippen LogP contribution in [0.25, 0.3) is 0 Å². The monoisotopic (exact) mass is 264 g/mol. The number of carbonyl (C=O) groups excluding carboxylic acids is 1. The number of carbonyl (C=O) groups is 2. The molecule has 0 aliphatic carbocycles. The van der Waals surface area contributed by atoms with Crippen LogP contribution >= 0.6 is 0 Å². The van der Waals surface area contributed by atoms with Crippen molar-refractivity contribution in [1.82, 2.24) is 10.3 Å². The van der Waals surface area contributed by atoms with E-state index in [9.17, 15) is 9.59 Å². The number of ether oxygens (including phenoxy) is 1. The fourth-order valence-corrected chi connectivity index (χ4v) is 2.01. The molecule has 0 aromatic carbocycles. The van der Waals surface area contributed by atoms with E-state index >= 15 is 0 Å². The highest BCUT2D eigenvalue weighted by Gasteiger charge is 2.18.